The summed E-state index contributed by atoms with van der Waals surface area (Å²) in [5.41, 5.74) is 7.33. The first kappa shape index (κ1) is 5.90. The number of hydrogen-bond acceptors (Lipinski definition) is 3. The van der Waals surface area contributed by atoms with Crippen LogP contribution in [0, 0.1) is 0 Å². The summed E-state index contributed by atoms with van der Waals surface area (Å²) in [5, 5.41) is 2.31. The van der Waals surface area contributed by atoms with Crippen LogP contribution in [0.1, 0.15) is 0 Å². The van der Waals surface area contributed by atoms with Gasteiger partial charge >= 0.3 is 6.03 Å². The summed E-state index contributed by atoms with van der Waals surface area (Å²) in [6.07, 6.45) is 1.55. The van der Waals surface area contributed by atoms with Crippen LogP contribution in [0.5, 0.6) is 0 Å². The van der Waals surface area contributed by atoms with Crippen LogP contribution in [0.25, 0.3) is 0 Å². The molecule has 0 aromatic rings. The Hall–Kier alpha value is -1.23. The van der Waals surface area contributed by atoms with Gasteiger partial charge in [-0.1, -0.05) is 0 Å². The normalized spacial score (nSPS) is 19.1. The Bertz CT molecular complexity index is 154. The highest BCUT2D eigenvalue weighted by molar-refractivity contribution is 5.74. The average Bonchev–Trinajstić information content (AvgIpc) is 1.93. The summed E-state index contributed by atoms with van der Waals surface area (Å²) in [5.74, 6) is 0.310. The van der Waals surface area contributed by atoms with E-state index in [9.17, 15) is 4.79 Å². The van der Waals surface area contributed by atoms with Crippen LogP contribution in [-0.2, 0) is 4.84 Å². The van der Waals surface area contributed by atoms with Gasteiger partial charge < -0.3 is 5.73 Å². The van der Waals surface area contributed by atoms with Crippen molar-refractivity contribution in [3.63, 3.8) is 0 Å². The Morgan fingerprint density at radius 3 is 3.33 bits per heavy atom. The van der Waals surface area contributed by atoms with Gasteiger partial charge in [-0.3, -0.25) is 10.2 Å². The molecular formula is C4H7N3O2. The first-order valence-electron chi connectivity index (χ1n) is 2.43. The van der Waals surface area contributed by atoms with Gasteiger partial charge in [0.2, 0.25) is 0 Å². The zero-order chi connectivity index (χ0) is 6.69. The van der Waals surface area contributed by atoms with Crippen molar-refractivity contribution in [3.8, 4) is 0 Å². The van der Waals surface area contributed by atoms with Crippen molar-refractivity contribution in [3.05, 3.63) is 11.9 Å². The summed E-state index contributed by atoms with van der Waals surface area (Å²) in [6.45, 7) is 0.296. The predicted molar refractivity (Wildman–Crippen MR) is 29.9 cm³/mol. The maximum absolute atomic E-state index is 10.4. The van der Waals surface area contributed by atoms with Crippen molar-refractivity contribution in [2.24, 2.45) is 5.73 Å². The van der Waals surface area contributed by atoms with Gasteiger partial charge in [-0.15, -0.1) is 0 Å². The second-order valence-electron chi connectivity index (χ2n) is 1.53. The zero-order valence-electron chi connectivity index (χ0n) is 4.68. The van der Waals surface area contributed by atoms with E-state index in [0.717, 1.165) is 0 Å². The lowest BCUT2D eigenvalue weighted by atomic mass is 10.6. The van der Waals surface area contributed by atoms with Gasteiger partial charge in [0.1, 0.15) is 5.82 Å². The highest BCUT2D eigenvalue weighted by Gasteiger charge is 2.03. The van der Waals surface area contributed by atoms with Crippen molar-refractivity contribution in [1.82, 2.24) is 10.8 Å². The Kier molecular flexibility index (Phi) is 1.55. The molecule has 4 N–H and O–H groups in total. The molecule has 0 saturated heterocycles. The molecule has 5 nitrogen and oxygen atoms in total. The number of carbonyl (C=O) groups excluding carboxylic acids is 1. The zero-order valence-corrected chi connectivity index (χ0v) is 4.68. The van der Waals surface area contributed by atoms with E-state index < -0.39 is 6.03 Å². The van der Waals surface area contributed by atoms with Crippen LogP contribution in [0.2, 0.25) is 0 Å². The van der Waals surface area contributed by atoms with Gasteiger partial charge in [0, 0.05) is 0 Å². The van der Waals surface area contributed by atoms with Crippen molar-refractivity contribution in [1.29, 1.82) is 0 Å². The summed E-state index contributed by atoms with van der Waals surface area (Å²) >= 11 is 0. The third-order valence-electron chi connectivity index (χ3n) is 0.809. The molecule has 0 radical (unpaired) electrons. The van der Waals surface area contributed by atoms with Crippen LogP contribution in [0.3, 0.4) is 0 Å². The largest absolute Gasteiger partial charge is 0.385 e. The quantitative estimate of drug-likeness (QED) is 0.394. The number of urea groups is 1. The molecule has 50 valence electrons. The fourth-order valence-electron chi connectivity index (χ4n) is 0.446. The molecule has 1 aliphatic rings. The van der Waals surface area contributed by atoms with E-state index in [1.807, 2.05) is 0 Å². The standard InChI is InChI=1S/C4H7N3O2/c5-3-1-2-9-7-4(8)6-3/h1H,2,5H2,(H2,6,7,8). The molecule has 0 aromatic carbocycles. The van der Waals surface area contributed by atoms with Crippen molar-refractivity contribution in [2.45, 2.75) is 0 Å². The van der Waals surface area contributed by atoms with Crippen molar-refractivity contribution >= 4 is 6.03 Å². The molecule has 0 bridgehead atoms. The summed E-state index contributed by atoms with van der Waals surface area (Å²) in [6, 6.07) is -0.443. The number of hydrogen-bond donors (Lipinski definition) is 3. The Labute approximate surface area is 51.8 Å². The van der Waals surface area contributed by atoms with E-state index in [4.69, 9.17) is 5.73 Å². The smallest absolute Gasteiger partial charge is 0.344 e. The number of carbonyl (C=O) groups is 1. The lowest BCUT2D eigenvalue weighted by Gasteiger charge is -1.98. The SMILES string of the molecule is NC1=CCONC(=O)N1. The minimum Gasteiger partial charge on any atom is -0.385 e. The number of nitrogens with one attached hydrogen (secondary N) is 2. The van der Waals surface area contributed by atoms with Crippen LogP contribution in [-0.4, -0.2) is 12.6 Å². The molecule has 0 saturated carbocycles. The van der Waals surface area contributed by atoms with Crippen LogP contribution >= 0.6 is 0 Å². The van der Waals surface area contributed by atoms with E-state index in [0.29, 0.717) is 12.4 Å². The Morgan fingerprint density at radius 1 is 1.78 bits per heavy atom. The molecule has 1 aliphatic heterocycles. The highest BCUT2D eigenvalue weighted by Crippen LogP contribution is 1.83. The first-order chi connectivity index (χ1) is 4.29. The lowest BCUT2D eigenvalue weighted by Crippen LogP contribution is -2.34. The van der Waals surface area contributed by atoms with Gasteiger partial charge in [-0.25, -0.2) is 10.3 Å². The molecule has 0 atom stereocenters. The van der Waals surface area contributed by atoms with E-state index in [1.165, 1.54) is 0 Å². The van der Waals surface area contributed by atoms with Crippen LogP contribution < -0.4 is 16.5 Å². The lowest BCUT2D eigenvalue weighted by molar-refractivity contribution is 0.0862. The maximum Gasteiger partial charge on any atom is 0.344 e. The summed E-state index contributed by atoms with van der Waals surface area (Å²) in [7, 11) is 0. The minimum absolute atomic E-state index is 0.296. The topological polar surface area (TPSA) is 76.4 Å². The fourth-order valence-corrected chi connectivity index (χ4v) is 0.446. The minimum atomic E-state index is -0.443. The third kappa shape index (κ3) is 1.61. The molecule has 0 spiro atoms. The molecule has 2 amide bonds. The molecule has 1 rings (SSSR count). The fraction of sp³-hybridized carbons (Fsp3) is 0.250. The third-order valence-corrected chi connectivity index (χ3v) is 0.809. The molecule has 5 heteroatoms. The summed E-state index contributed by atoms with van der Waals surface area (Å²) in [4.78, 5) is 15.0. The number of nitrogens with two attached hydrogens (primary N) is 1. The van der Waals surface area contributed by atoms with E-state index in [2.05, 4.69) is 15.6 Å². The van der Waals surface area contributed by atoms with Gasteiger partial charge in [0.15, 0.2) is 0 Å². The number of hydroxylamine groups is 1. The van der Waals surface area contributed by atoms with Crippen molar-refractivity contribution in [2.75, 3.05) is 6.61 Å². The molecular weight excluding hydrogens is 122 g/mol. The molecule has 1 heterocycles. The Balaban J connectivity index is 2.54. The van der Waals surface area contributed by atoms with E-state index >= 15 is 0 Å². The molecule has 0 fully saturated rings. The molecule has 0 aromatic heterocycles. The maximum atomic E-state index is 10.4. The molecule has 9 heavy (non-hydrogen) atoms. The van der Waals surface area contributed by atoms with Crippen LogP contribution in [0.15, 0.2) is 11.9 Å². The number of rotatable bonds is 0. The second kappa shape index (κ2) is 2.36. The molecule has 0 unspecified atom stereocenters. The van der Waals surface area contributed by atoms with Crippen LogP contribution in [0.4, 0.5) is 4.79 Å². The van der Waals surface area contributed by atoms with Gasteiger partial charge in [0.25, 0.3) is 0 Å². The average molecular weight is 129 g/mol. The first-order valence-corrected chi connectivity index (χ1v) is 2.43. The van der Waals surface area contributed by atoms with Gasteiger partial charge in [0.05, 0.1) is 6.61 Å². The van der Waals surface area contributed by atoms with Gasteiger partial charge in [-0.05, 0) is 6.08 Å². The van der Waals surface area contributed by atoms with Gasteiger partial charge in [-0.2, -0.15) is 0 Å². The highest BCUT2D eigenvalue weighted by atomic mass is 16.7. The number of amides is 2. The summed E-state index contributed by atoms with van der Waals surface area (Å²) < 4.78 is 0. The predicted octanol–water partition coefficient (Wildman–Crippen LogP) is -0.969. The van der Waals surface area contributed by atoms with E-state index in [-0.39, 0.29) is 0 Å². The molecule has 0 aliphatic carbocycles. The van der Waals surface area contributed by atoms with Crippen molar-refractivity contribution < 1.29 is 9.63 Å². The Morgan fingerprint density at radius 2 is 2.56 bits per heavy atom. The second-order valence-corrected chi connectivity index (χ2v) is 1.53. The van der Waals surface area contributed by atoms with E-state index in [1.54, 1.807) is 6.08 Å². The monoisotopic (exact) mass is 129 g/mol.